The fourth-order valence-corrected chi connectivity index (χ4v) is 4.19. The van der Waals surface area contributed by atoms with Crippen molar-refractivity contribution in [2.24, 2.45) is 5.92 Å². The van der Waals surface area contributed by atoms with Gasteiger partial charge in [0.05, 0.1) is 0 Å². The van der Waals surface area contributed by atoms with Gasteiger partial charge in [0.25, 0.3) is 0 Å². The van der Waals surface area contributed by atoms with E-state index in [1.54, 1.807) is 13.8 Å². The van der Waals surface area contributed by atoms with Crippen molar-refractivity contribution in [3.8, 4) is 11.1 Å². The number of carboxylic acids is 1. The van der Waals surface area contributed by atoms with Crippen LogP contribution in [-0.2, 0) is 14.3 Å². The van der Waals surface area contributed by atoms with E-state index in [1.807, 2.05) is 24.3 Å². The maximum Gasteiger partial charge on any atom is 0.407 e. The number of aliphatic carboxylic acids is 1. The minimum absolute atomic E-state index is 0.0297. The fourth-order valence-electron chi connectivity index (χ4n) is 4.19. The second-order valence-electron chi connectivity index (χ2n) is 8.69. The zero-order chi connectivity index (χ0) is 23.8. The molecule has 0 saturated heterocycles. The average Bonchev–Trinajstić information content (AvgIpc) is 3.11. The quantitative estimate of drug-likeness (QED) is 0.441. The van der Waals surface area contributed by atoms with Crippen molar-refractivity contribution < 1.29 is 24.2 Å². The van der Waals surface area contributed by atoms with E-state index in [-0.39, 0.29) is 30.8 Å². The molecule has 0 saturated carbocycles. The van der Waals surface area contributed by atoms with E-state index in [2.05, 4.69) is 34.9 Å². The van der Waals surface area contributed by atoms with Gasteiger partial charge in [-0.1, -0.05) is 68.8 Å². The number of fused-ring (bicyclic) bond motifs is 3. The highest BCUT2D eigenvalue weighted by Crippen LogP contribution is 2.44. The number of rotatable bonds is 11. The van der Waals surface area contributed by atoms with E-state index in [1.165, 1.54) is 22.3 Å². The van der Waals surface area contributed by atoms with Gasteiger partial charge in [0, 0.05) is 18.9 Å². The first-order valence-corrected chi connectivity index (χ1v) is 11.5. The summed E-state index contributed by atoms with van der Waals surface area (Å²) in [6.45, 7) is 4.25. The number of hydrogen-bond acceptors (Lipinski definition) is 4. The lowest BCUT2D eigenvalue weighted by atomic mass is 9.98. The first kappa shape index (κ1) is 24.3. The Morgan fingerprint density at radius 3 is 2.12 bits per heavy atom. The second kappa shape index (κ2) is 11.5. The Bertz CT molecular complexity index is 943. The van der Waals surface area contributed by atoms with E-state index < -0.39 is 18.1 Å². The molecule has 0 aliphatic heterocycles. The molecule has 1 atom stereocenters. The molecular formula is C26H32N2O5. The van der Waals surface area contributed by atoms with Gasteiger partial charge in [-0.05, 0) is 41.0 Å². The van der Waals surface area contributed by atoms with Gasteiger partial charge in [-0.3, -0.25) is 4.79 Å². The van der Waals surface area contributed by atoms with E-state index in [4.69, 9.17) is 9.84 Å². The number of amides is 2. The molecule has 176 valence electrons. The molecule has 1 aliphatic carbocycles. The van der Waals surface area contributed by atoms with E-state index in [0.29, 0.717) is 19.4 Å². The molecule has 33 heavy (non-hydrogen) atoms. The van der Waals surface area contributed by atoms with E-state index in [9.17, 15) is 14.4 Å². The monoisotopic (exact) mass is 452 g/mol. The van der Waals surface area contributed by atoms with E-state index in [0.717, 1.165) is 6.42 Å². The number of alkyl carbamates (subject to hydrolysis) is 1. The third-order valence-electron chi connectivity index (χ3n) is 5.94. The van der Waals surface area contributed by atoms with Crippen LogP contribution in [0.4, 0.5) is 4.79 Å². The Kier molecular flexibility index (Phi) is 8.46. The summed E-state index contributed by atoms with van der Waals surface area (Å²) in [6.07, 6.45) is 1.90. The van der Waals surface area contributed by atoms with Crippen LogP contribution in [0.25, 0.3) is 11.1 Å². The summed E-state index contributed by atoms with van der Waals surface area (Å²) in [5.74, 6) is -1.43. The molecule has 2 amide bonds. The standard InChI is InChI=1S/C26H32N2O5/c1-17(2)24(25(30)31)28-23(29)14-4-3-9-15-27-26(32)33-16-22-20-12-7-5-10-18(20)19-11-6-8-13-21(19)22/h5-8,10-13,17,22,24H,3-4,9,14-16H2,1-2H3,(H,27,32)(H,28,29)(H,30,31). The maximum atomic E-state index is 12.2. The van der Waals surface area contributed by atoms with Gasteiger partial charge in [0.15, 0.2) is 0 Å². The molecule has 2 aromatic carbocycles. The Hall–Kier alpha value is -3.35. The van der Waals surface area contributed by atoms with Gasteiger partial charge in [-0.25, -0.2) is 9.59 Å². The van der Waals surface area contributed by atoms with Crippen LogP contribution in [0, 0.1) is 5.92 Å². The summed E-state index contributed by atoms with van der Waals surface area (Å²) in [7, 11) is 0. The Morgan fingerprint density at radius 2 is 1.55 bits per heavy atom. The molecule has 1 unspecified atom stereocenters. The van der Waals surface area contributed by atoms with Crippen LogP contribution in [0.5, 0.6) is 0 Å². The Morgan fingerprint density at radius 1 is 0.939 bits per heavy atom. The highest BCUT2D eigenvalue weighted by molar-refractivity contribution is 5.83. The molecule has 0 radical (unpaired) electrons. The highest BCUT2D eigenvalue weighted by atomic mass is 16.5. The fraction of sp³-hybridized carbons (Fsp3) is 0.423. The van der Waals surface area contributed by atoms with Gasteiger partial charge in [-0.15, -0.1) is 0 Å². The summed E-state index contributed by atoms with van der Waals surface area (Å²) in [5.41, 5.74) is 4.73. The predicted octanol–water partition coefficient (Wildman–Crippen LogP) is 4.31. The van der Waals surface area contributed by atoms with Crippen molar-refractivity contribution in [1.82, 2.24) is 10.6 Å². The minimum Gasteiger partial charge on any atom is -0.480 e. The van der Waals surface area contributed by atoms with Crippen LogP contribution in [0.1, 0.15) is 56.6 Å². The Labute approximate surface area is 194 Å². The molecule has 1 aliphatic rings. The SMILES string of the molecule is CC(C)C(NC(=O)CCCCCNC(=O)OCC1c2ccccc2-c2ccccc21)C(=O)O. The lowest BCUT2D eigenvalue weighted by Gasteiger charge is -2.17. The van der Waals surface area contributed by atoms with Gasteiger partial charge < -0.3 is 20.5 Å². The largest absolute Gasteiger partial charge is 0.480 e. The number of nitrogens with one attached hydrogen (secondary N) is 2. The zero-order valence-electron chi connectivity index (χ0n) is 19.2. The second-order valence-corrected chi connectivity index (χ2v) is 8.69. The lowest BCUT2D eigenvalue weighted by molar-refractivity contribution is -0.143. The number of benzene rings is 2. The van der Waals surface area contributed by atoms with Gasteiger partial charge >= 0.3 is 12.1 Å². The summed E-state index contributed by atoms with van der Waals surface area (Å²) in [6, 6.07) is 15.5. The molecule has 0 heterocycles. The van der Waals surface area contributed by atoms with Gasteiger partial charge in [-0.2, -0.15) is 0 Å². The maximum absolute atomic E-state index is 12.2. The number of carboxylic acid groups (broad SMARTS) is 1. The minimum atomic E-state index is -1.02. The first-order chi connectivity index (χ1) is 15.9. The summed E-state index contributed by atoms with van der Waals surface area (Å²) in [4.78, 5) is 35.2. The third-order valence-corrected chi connectivity index (χ3v) is 5.94. The van der Waals surface area contributed by atoms with Crippen LogP contribution in [0.15, 0.2) is 48.5 Å². The van der Waals surface area contributed by atoms with Crippen molar-refractivity contribution >= 4 is 18.0 Å². The lowest BCUT2D eigenvalue weighted by Crippen LogP contribution is -2.44. The van der Waals surface area contributed by atoms with Gasteiger partial charge in [0.1, 0.15) is 12.6 Å². The van der Waals surface area contributed by atoms with Crippen LogP contribution < -0.4 is 10.6 Å². The number of unbranched alkanes of at least 4 members (excludes halogenated alkanes) is 2. The smallest absolute Gasteiger partial charge is 0.407 e. The summed E-state index contributed by atoms with van der Waals surface area (Å²) >= 11 is 0. The van der Waals surface area contributed by atoms with Crippen molar-refractivity contribution in [2.75, 3.05) is 13.2 Å². The Balaban J connectivity index is 1.34. The molecule has 3 N–H and O–H groups in total. The molecule has 0 bridgehead atoms. The van der Waals surface area contributed by atoms with Crippen molar-refractivity contribution in [3.63, 3.8) is 0 Å². The molecule has 7 nitrogen and oxygen atoms in total. The molecule has 0 spiro atoms. The summed E-state index contributed by atoms with van der Waals surface area (Å²) < 4.78 is 5.50. The highest BCUT2D eigenvalue weighted by Gasteiger charge is 2.29. The molecular weight excluding hydrogens is 420 g/mol. The number of hydrogen-bond donors (Lipinski definition) is 3. The molecule has 3 rings (SSSR count). The molecule has 0 aromatic heterocycles. The predicted molar refractivity (Wildman–Crippen MR) is 126 cm³/mol. The topological polar surface area (TPSA) is 105 Å². The van der Waals surface area contributed by atoms with Crippen molar-refractivity contribution in [1.29, 1.82) is 0 Å². The van der Waals surface area contributed by atoms with Crippen LogP contribution in [0.3, 0.4) is 0 Å². The third kappa shape index (κ3) is 6.34. The number of ether oxygens (including phenoxy) is 1. The van der Waals surface area contributed by atoms with Crippen molar-refractivity contribution in [2.45, 2.75) is 51.5 Å². The van der Waals surface area contributed by atoms with Crippen LogP contribution >= 0.6 is 0 Å². The van der Waals surface area contributed by atoms with Crippen molar-refractivity contribution in [3.05, 3.63) is 59.7 Å². The van der Waals surface area contributed by atoms with Crippen LogP contribution in [0.2, 0.25) is 0 Å². The average molecular weight is 453 g/mol. The number of carbonyl (C=O) groups excluding carboxylic acids is 2. The normalized spacial score (nSPS) is 13.2. The summed E-state index contributed by atoms with van der Waals surface area (Å²) in [5, 5.41) is 14.4. The molecule has 2 aromatic rings. The molecule has 0 fully saturated rings. The van der Waals surface area contributed by atoms with Crippen LogP contribution in [-0.4, -0.2) is 42.3 Å². The zero-order valence-corrected chi connectivity index (χ0v) is 19.2. The first-order valence-electron chi connectivity index (χ1n) is 11.5. The molecule has 7 heteroatoms. The van der Waals surface area contributed by atoms with E-state index >= 15 is 0 Å². The van der Waals surface area contributed by atoms with Gasteiger partial charge in [0.2, 0.25) is 5.91 Å². The number of carbonyl (C=O) groups is 3.